The van der Waals surface area contributed by atoms with Gasteiger partial charge in [0.15, 0.2) is 11.6 Å². The van der Waals surface area contributed by atoms with Crippen LogP contribution < -0.4 is 21.5 Å². The third kappa shape index (κ3) is 3.56. The molecule has 11 heteroatoms. The maximum Gasteiger partial charge on any atom is 0.349 e. The summed E-state index contributed by atoms with van der Waals surface area (Å²) in [5, 5.41) is 18.4. The van der Waals surface area contributed by atoms with Gasteiger partial charge in [-0.25, -0.2) is 14.3 Å². The Morgan fingerprint density at radius 3 is 2.61 bits per heavy atom. The summed E-state index contributed by atoms with van der Waals surface area (Å²) in [6.45, 7) is 3.63. The van der Waals surface area contributed by atoms with Gasteiger partial charge in [0.2, 0.25) is 11.6 Å². The quantitative estimate of drug-likeness (QED) is 0.680. The van der Waals surface area contributed by atoms with Crippen LogP contribution in [-0.4, -0.2) is 25.0 Å². The normalized spacial score (nSPS) is 10.7. The van der Waals surface area contributed by atoms with Crippen molar-refractivity contribution >= 4 is 0 Å². The summed E-state index contributed by atoms with van der Waals surface area (Å²) in [5.74, 6) is -1.17. The molecule has 0 aliphatic rings. The van der Waals surface area contributed by atoms with E-state index < -0.39 is 22.8 Å². The van der Waals surface area contributed by atoms with Crippen molar-refractivity contribution in [2.45, 2.75) is 19.8 Å². The van der Waals surface area contributed by atoms with Crippen molar-refractivity contribution in [2.75, 3.05) is 0 Å². The van der Waals surface area contributed by atoms with Gasteiger partial charge in [0.1, 0.15) is 6.07 Å². The summed E-state index contributed by atoms with van der Waals surface area (Å²) in [7, 11) is 0. The molecule has 0 spiro atoms. The Labute approximate surface area is 155 Å². The Balaban J connectivity index is 1.98. The minimum atomic E-state index is -0.936. The molecule has 3 rings (SSSR count). The van der Waals surface area contributed by atoms with E-state index in [4.69, 9.17) is 10.00 Å². The predicted octanol–water partition coefficient (Wildman–Crippen LogP) is 0.931. The first kappa shape index (κ1) is 18.7. The summed E-state index contributed by atoms with van der Waals surface area (Å²) in [6, 6.07) is 6.42. The minimum Gasteiger partial charge on any atom is -0.435 e. The summed E-state index contributed by atoms with van der Waals surface area (Å²) >= 11 is 0. The Morgan fingerprint density at radius 2 is 1.96 bits per heavy atom. The highest BCUT2D eigenvalue weighted by Gasteiger charge is 2.14. The highest BCUT2D eigenvalue weighted by molar-refractivity contribution is 5.39. The summed E-state index contributed by atoms with van der Waals surface area (Å²) in [6.07, 6.45) is 0. The molecular weight excluding hydrogens is 371 g/mol. The van der Waals surface area contributed by atoms with E-state index in [0.29, 0.717) is 10.2 Å². The van der Waals surface area contributed by atoms with Crippen molar-refractivity contribution in [3.05, 3.63) is 72.5 Å². The van der Waals surface area contributed by atoms with E-state index in [1.165, 1.54) is 24.3 Å². The zero-order valence-corrected chi connectivity index (χ0v) is 14.7. The maximum atomic E-state index is 14.4. The van der Waals surface area contributed by atoms with Gasteiger partial charge in [-0.15, -0.1) is 10.2 Å². The molecule has 2 N–H and O–H groups in total. The molecule has 3 aromatic rings. The lowest BCUT2D eigenvalue weighted by atomic mass is 10.1. The second-order valence-electron chi connectivity index (χ2n) is 5.99. The first-order valence-corrected chi connectivity index (χ1v) is 8.01. The van der Waals surface area contributed by atoms with Gasteiger partial charge in [-0.1, -0.05) is 13.8 Å². The van der Waals surface area contributed by atoms with Crippen molar-refractivity contribution in [3.63, 3.8) is 0 Å². The van der Waals surface area contributed by atoms with Crippen LogP contribution in [0.2, 0.25) is 0 Å². The zero-order valence-electron chi connectivity index (χ0n) is 14.7. The Kier molecular flexibility index (Phi) is 4.86. The number of ether oxygens (including phenoxy) is 1. The van der Waals surface area contributed by atoms with Crippen LogP contribution in [-0.2, 0) is 0 Å². The Bertz CT molecular complexity index is 1270. The number of nitriles is 1. The summed E-state index contributed by atoms with van der Waals surface area (Å²) < 4.78 is 20.5. The fraction of sp³-hybridized carbons (Fsp3) is 0.176. The molecule has 0 atom stereocenters. The van der Waals surface area contributed by atoms with Crippen molar-refractivity contribution < 1.29 is 9.13 Å². The second kappa shape index (κ2) is 7.28. The number of rotatable bonds is 4. The van der Waals surface area contributed by atoms with Crippen LogP contribution in [0.25, 0.3) is 5.69 Å². The third-order valence-corrected chi connectivity index (χ3v) is 3.74. The van der Waals surface area contributed by atoms with Crippen LogP contribution in [0.5, 0.6) is 11.6 Å². The van der Waals surface area contributed by atoms with E-state index in [1.54, 1.807) is 0 Å². The average molecular weight is 384 g/mol. The molecule has 10 nitrogen and oxygen atoms in total. The minimum absolute atomic E-state index is 0.0129. The molecule has 0 unspecified atom stereocenters. The molecule has 0 aliphatic carbocycles. The first-order valence-electron chi connectivity index (χ1n) is 8.01. The van der Waals surface area contributed by atoms with E-state index in [1.807, 2.05) is 18.8 Å². The summed E-state index contributed by atoms with van der Waals surface area (Å²) in [4.78, 5) is 36.9. The number of aromatic nitrogens is 5. The predicted molar refractivity (Wildman–Crippen MR) is 94.1 cm³/mol. The highest BCUT2D eigenvalue weighted by atomic mass is 19.1. The van der Waals surface area contributed by atoms with Gasteiger partial charge in [0, 0.05) is 17.7 Å². The molecule has 28 heavy (non-hydrogen) atoms. The second-order valence-corrected chi connectivity index (χ2v) is 5.99. The first-order chi connectivity index (χ1) is 13.3. The van der Waals surface area contributed by atoms with Crippen LogP contribution in [0, 0.1) is 17.1 Å². The lowest BCUT2D eigenvalue weighted by molar-refractivity contribution is 0.419. The van der Waals surface area contributed by atoms with Gasteiger partial charge in [0.25, 0.3) is 11.1 Å². The number of benzene rings is 1. The monoisotopic (exact) mass is 384 g/mol. The van der Waals surface area contributed by atoms with Crippen molar-refractivity contribution in [1.29, 1.82) is 5.26 Å². The molecule has 0 saturated heterocycles. The zero-order chi connectivity index (χ0) is 20.4. The maximum absolute atomic E-state index is 14.4. The van der Waals surface area contributed by atoms with Gasteiger partial charge in [-0.3, -0.25) is 14.6 Å². The molecule has 0 fully saturated rings. The summed E-state index contributed by atoms with van der Waals surface area (Å²) in [5.41, 5.74) is -2.38. The van der Waals surface area contributed by atoms with Crippen LogP contribution in [0.15, 0.2) is 38.6 Å². The number of aromatic amines is 2. The molecule has 0 amide bonds. The van der Waals surface area contributed by atoms with Gasteiger partial charge in [-0.2, -0.15) is 9.94 Å². The van der Waals surface area contributed by atoms with E-state index >= 15 is 0 Å². The Morgan fingerprint density at radius 1 is 1.21 bits per heavy atom. The average Bonchev–Trinajstić information content (AvgIpc) is 2.65. The SMILES string of the molecule is CC(C)c1cc(Oc2ccc(-n3nc(C#N)c(=O)[nH]c3=O)cc2F)n[nH]c1=O. The highest BCUT2D eigenvalue weighted by Crippen LogP contribution is 2.25. The number of hydrogen-bond donors (Lipinski definition) is 2. The molecule has 0 aliphatic heterocycles. The smallest absolute Gasteiger partial charge is 0.349 e. The molecule has 1 aromatic carbocycles. The van der Waals surface area contributed by atoms with Crippen molar-refractivity contribution in [1.82, 2.24) is 25.0 Å². The van der Waals surface area contributed by atoms with Crippen LogP contribution in [0.3, 0.4) is 0 Å². The van der Waals surface area contributed by atoms with Crippen LogP contribution in [0.1, 0.15) is 31.0 Å². The fourth-order valence-electron chi connectivity index (χ4n) is 2.35. The van der Waals surface area contributed by atoms with Crippen LogP contribution >= 0.6 is 0 Å². The number of halogens is 1. The standard InChI is InChI=1S/C17H13FN6O4/c1-8(2)10-6-14(21-22-15(10)25)28-13-4-3-9(5-11(13)18)24-17(27)20-16(26)12(7-19)23-24/h3-6,8H,1-2H3,(H,22,25)(H,20,26,27). The lowest BCUT2D eigenvalue weighted by Crippen LogP contribution is -2.33. The third-order valence-electron chi connectivity index (χ3n) is 3.74. The Hall–Kier alpha value is -4.07. The van der Waals surface area contributed by atoms with E-state index in [9.17, 15) is 18.8 Å². The topological polar surface area (TPSA) is 147 Å². The van der Waals surface area contributed by atoms with Crippen molar-refractivity contribution in [3.8, 4) is 23.4 Å². The van der Waals surface area contributed by atoms with Crippen molar-refractivity contribution in [2.24, 2.45) is 0 Å². The van der Waals surface area contributed by atoms with Gasteiger partial charge in [0.05, 0.1) is 5.69 Å². The number of hydrogen-bond acceptors (Lipinski definition) is 7. The molecule has 2 aromatic heterocycles. The van der Waals surface area contributed by atoms with E-state index in [0.717, 1.165) is 6.07 Å². The number of nitrogens with zero attached hydrogens (tertiary/aromatic N) is 4. The number of H-pyrrole nitrogens is 2. The molecule has 0 saturated carbocycles. The molecule has 0 radical (unpaired) electrons. The van der Waals surface area contributed by atoms with Gasteiger partial charge < -0.3 is 4.74 Å². The molecule has 2 heterocycles. The van der Waals surface area contributed by atoms with Gasteiger partial charge in [-0.05, 0) is 18.1 Å². The van der Waals surface area contributed by atoms with E-state index in [2.05, 4.69) is 15.3 Å². The molecular formula is C17H13FN6O4. The fourth-order valence-corrected chi connectivity index (χ4v) is 2.35. The molecule has 142 valence electrons. The number of nitrogens with one attached hydrogen (secondary N) is 2. The van der Waals surface area contributed by atoms with Gasteiger partial charge >= 0.3 is 5.69 Å². The lowest BCUT2D eigenvalue weighted by Gasteiger charge is -2.10. The van der Waals surface area contributed by atoms with Crippen LogP contribution in [0.4, 0.5) is 4.39 Å². The van der Waals surface area contributed by atoms with E-state index in [-0.39, 0.29) is 28.8 Å². The molecule has 0 bridgehead atoms. The largest absolute Gasteiger partial charge is 0.435 e.